The number of carboxylic acid groups (broad SMARTS) is 1. The first-order chi connectivity index (χ1) is 11.1. The van der Waals surface area contributed by atoms with Crippen molar-refractivity contribution in [3.05, 3.63) is 11.8 Å². The summed E-state index contributed by atoms with van der Waals surface area (Å²) in [6.45, 7) is 1.24. The van der Waals surface area contributed by atoms with Crippen LogP contribution in [0.5, 0.6) is 0 Å². The number of amides is 1. The zero-order chi connectivity index (χ0) is 16.0. The fraction of sp³-hybridized carbons (Fsp3) is 0.688. The van der Waals surface area contributed by atoms with Gasteiger partial charge in [-0.3, -0.25) is 0 Å². The maximum Gasteiger partial charge on any atom is 0.407 e. The Morgan fingerprint density at radius 3 is 2.57 bits per heavy atom. The number of carbonyl (C=O) groups is 1. The van der Waals surface area contributed by atoms with Crippen LogP contribution in [0.1, 0.15) is 43.7 Å². The highest BCUT2D eigenvalue weighted by molar-refractivity contribution is 5.66. The van der Waals surface area contributed by atoms with Crippen LogP contribution in [0.3, 0.4) is 0 Å². The summed E-state index contributed by atoms with van der Waals surface area (Å²) in [5.41, 5.74) is 6.95. The predicted octanol–water partition coefficient (Wildman–Crippen LogP) is 2.13. The molecule has 4 N–H and O–H groups in total. The molecule has 1 amide bonds. The van der Waals surface area contributed by atoms with Crippen LogP contribution in [0, 0.1) is 11.8 Å². The van der Waals surface area contributed by atoms with Crippen LogP contribution in [0.2, 0.25) is 0 Å². The first-order valence-electron chi connectivity index (χ1n) is 8.50. The van der Waals surface area contributed by atoms with E-state index in [1.165, 1.54) is 37.0 Å². The van der Waals surface area contributed by atoms with Gasteiger partial charge in [0.2, 0.25) is 5.95 Å². The molecule has 4 rings (SSSR count). The maximum atomic E-state index is 11.0. The van der Waals surface area contributed by atoms with Crippen molar-refractivity contribution in [3.8, 4) is 0 Å². The summed E-state index contributed by atoms with van der Waals surface area (Å²) < 4.78 is 0. The van der Waals surface area contributed by atoms with E-state index in [4.69, 9.17) is 10.8 Å². The van der Waals surface area contributed by atoms with Crippen molar-refractivity contribution in [1.82, 2.24) is 14.9 Å². The first-order valence-corrected chi connectivity index (χ1v) is 8.50. The van der Waals surface area contributed by atoms with Crippen molar-refractivity contribution < 1.29 is 9.90 Å². The van der Waals surface area contributed by atoms with Gasteiger partial charge in [0.05, 0.1) is 5.69 Å². The number of nitrogen functional groups attached to an aromatic ring is 1. The summed E-state index contributed by atoms with van der Waals surface area (Å²) in [7, 11) is 0. The first kappa shape index (κ1) is 14.5. The van der Waals surface area contributed by atoms with E-state index in [0.717, 1.165) is 11.5 Å². The number of nitrogens with one attached hydrogen (secondary N) is 1. The lowest BCUT2D eigenvalue weighted by atomic mass is 9.87. The van der Waals surface area contributed by atoms with Gasteiger partial charge in [-0.05, 0) is 12.8 Å². The highest BCUT2D eigenvalue weighted by Gasteiger charge is 2.57. The molecule has 1 aromatic heterocycles. The minimum Gasteiger partial charge on any atom is -0.465 e. The van der Waals surface area contributed by atoms with Crippen LogP contribution >= 0.6 is 0 Å². The molecule has 3 aliphatic rings. The van der Waals surface area contributed by atoms with Gasteiger partial charge in [-0.15, -0.1) is 0 Å². The third-order valence-corrected chi connectivity index (χ3v) is 5.57. The number of hydrogen-bond donors (Lipinski definition) is 3. The molecule has 2 aliphatic carbocycles. The van der Waals surface area contributed by atoms with Gasteiger partial charge in [-0.25, -0.2) is 9.78 Å². The number of anilines is 2. The molecule has 1 aliphatic heterocycles. The van der Waals surface area contributed by atoms with Crippen LogP contribution in [-0.4, -0.2) is 45.2 Å². The third kappa shape index (κ3) is 2.80. The van der Waals surface area contributed by atoms with Crippen molar-refractivity contribution in [2.75, 3.05) is 24.1 Å². The van der Waals surface area contributed by atoms with Gasteiger partial charge in [-0.1, -0.05) is 19.3 Å². The molecular weight excluding hydrogens is 294 g/mol. The summed E-state index contributed by atoms with van der Waals surface area (Å²) in [5.74, 6) is 2.42. The molecule has 2 heterocycles. The lowest BCUT2D eigenvalue weighted by Crippen LogP contribution is -2.32. The van der Waals surface area contributed by atoms with Crippen molar-refractivity contribution in [2.45, 2.75) is 44.1 Å². The molecule has 1 saturated heterocycles. The van der Waals surface area contributed by atoms with Crippen molar-refractivity contribution >= 4 is 17.9 Å². The second kappa shape index (κ2) is 5.54. The molecule has 0 spiro atoms. The Morgan fingerprint density at radius 1 is 1.22 bits per heavy atom. The van der Waals surface area contributed by atoms with E-state index in [1.54, 1.807) is 0 Å². The van der Waals surface area contributed by atoms with Crippen LogP contribution < -0.4 is 11.1 Å². The van der Waals surface area contributed by atoms with Gasteiger partial charge >= 0.3 is 6.09 Å². The quantitative estimate of drug-likeness (QED) is 0.789. The standard InChI is InChI=1S/C16H23N5O2/c17-15-18-12(9-4-2-1-3-5-9)6-13(20-15)19-14-10-7-21(16(22)23)8-11(10)14/h6,9-11,14H,1-5,7-8H2,(H,22,23)(H3,17,18,19,20). The number of aromatic nitrogens is 2. The van der Waals surface area contributed by atoms with Crippen LogP contribution in [0.25, 0.3) is 0 Å². The van der Waals surface area contributed by atoms with E-state index in [9.17, 15) is 4.79 Å². The Morgan fingerprint density at radius 2 is 1.91 bits per heavy atom. The van der Waals surface area contributed by atoms with E-state index in [1.807, 2.05) is 6.07 Å². The van der Waals surface area contributed by atoms with Crippen LogP contribution in [-0.2, 0) is 0 Å². The van der Waals surface area contributed by atoms with Gasteiger partial charge in [0.1, 0.15) is 5.82 Å². The zero-order valence-corrected chi connectivity index (χ0v) is 13.1. The molecule has 1 aromatic rings. The second-order valence-electron chi connectivity index (χ2n) is 7.06. The zero-order valence-electron chi connectivity index (χ0n) is 13.1. The fourth-order valence-electron chi connectivity index (χ4n) is 4.23. The smallest absolute Gasteiger partial charge is 0.407 e. The Bertz CT molecular complexity index is 604. The van der Waals surface area contributed by atoms with Gasteiger partial charge in [0.15, 0.2) is 0 Å². The van der Waals surface area contributed by atoms with Crippen LogP contribution in [0.15, 0.2) is 6.07 Å². The van der Waals surface area contributed by atoms with E-state index in [2.05, 4.69) is 15.3 Å². The topological polar surface area (TPSA) is 104 Å². The Balaban J connectivity index is 1.42. The van der Waals surface area contributed by atoms with Crippen molar-refractivity contribution in [2.24, 2.45) is 11.8 Å². The lowest BCUT2D eigenvalue weighted by molar-refractivity contribution is 0.150. The summed E-state index contributed by atoms with van der Waals surface area (Å²) >= 11 is 0. The summed E-state index contributed by atoms with van der Waals surface area (Å²) in [4.78, 5) is 21.2. The van der Waals surface area contributed by atoms with E-state index < -0.39 is 6.09 Å². The molecule has 124 valence electrons. The predicted molar refractivity (Wildman–Crippen MR) is 86.3 cm³/mol. The van der Waals surface area contributed by atoms with E-state index in [0.29, 0.717) is 42.8 Å². The van der Waals surface area contributed by atoms with Crippen molar-refractivity contribution in [1.29, 1.82) is 0 Å². The molecule has 3 fully saturated rings. The lowest BCUT2D eigenvalue weighted by Gasteiger charge is -2.22. The Labute approximate surface area is 135 Å². The number of hydrogen-bond acceptors (Lipinski definition) is 5. The normalized spacial score (nSPS) is 30.1. The Hall–Kier alpha value is -2.05. The minimum atomic E-state index is -0.818. The molecule has 2 saturated carbocycles. The Kier molecular flexibility index (Phi) is 3.50. The highest BCUT2D eigenvalue weighted by atomic mass is 16.4. The minimum absolute atomic E-state index is 0.319. The summed E-state index contributed by atoms with van der Waals surface area (Å²) in [6.07, 6.45) is 5.37. The molecule has 2 atom stereocenters. The highest BCUT2D eigenvalue weighted by Crippen LogP contribution is 2.47. The van der Waals surface area contributed by atoms with Gasteiger partial charge in [0, 0.05) is 43.0 Å². The van der Waals surface area contributed by atoms with E-state index in [-0.39, 0.29) is 0 Å². The molecule has 2 unspecified atom stereocenters. The number of rotatable bonds is 3. The molecule has 0 bridgehead atoms. The monoisotopic (exact) mass is 317 g/mol. The van der Waals surface area contributed by atoms with Crippen LogP contribution in [0.4, 0.5) is 16.6 Å². The number of nitrogens with zero attached hydrogens (tertiary/aromatic N) is 3. The molecular formula is C16H23N5O2. The molecule has 23 heavy (non-hydrogen) atoms. The third-order valence-electron chi connectivity index (χ3n) is 5.57. The number of likely N-dealkylation sites (tertiary alicyclic amines) is 1. The average molecular weight is 317 g/mol. The molecule has 7 nitrogen and oxygen atoms in total. The molecule has 0 radical (unpaired) electrons. The van der Waals surface area contributed by atoms with Gasteiger partial charge < -0.3 is 21.1 Å². The maximum absolute atomic E-state index is 11.0. The largest absolute Gasteiger partial charge is 0.465 e. The molecule has 7 heteroatoms. The fourth-order valence-corrected chi connectivity index (χ4v) is 4.23. The number of piperidine rings is 1. The van der Waals surface area contributed by atoms with Crippen molar-refractivity contribution in [3.63, 3.8) is 0 Å². The number of nitrogens with two attached hydrogens (primary N) is 1. The average Bonchev–Trinajstić information content (AvgIpc) is 2.97. The van der Waals surface area contributed by atoms with E-state index >= 15 is 0 Å². The van der Waals surface area contributed by atoms with Gasteiger partial charge in [-0.2, -0.15) is 4.98 Å². The van der Waals surface area contributed by atoms with Gasteiger partial charge in [0.25, 0.3) is 0 Å². The number of fused-ring (bicyclic) bond motifs is 1. The summed E-state index contributed by atoms with van der Waals surface area (Å²) in [6, 6.07) is 2.36. The summed E-state index contributed by atoms with van der Waals surface area (Å²) in [5, 5.41) is 12.5. The molecule has 0 aromatic carbocycles. The SMILES string of the molecule is Nc1nc(NC2C3CN(C(=O)O)CC32)cc(C2CCCCC2)n1. The second-order valence-corrected chi connectivity index (χ2v) is 7.06.